The van der Waals surface area contributed by atoms with Gasteiger partial charge in [-0.15, -0.1) is 0 Å². The molecule has 0 aliphatic rings. The maximum absolute atomic E-state index is 13.2. The number of rotatable bonds is 7. The first-order chi connectivity index (χ1) is 15.4. The molecule has 166 valence electrons. The number of nitrogens with two attached hydrogens (primary N) is 1. The van der Waals surface area contributed by atoms with E-state index in [1.165, 1.54) is 27.9 Å². The number of nitrogen functional groups attached to an aromatic ring is 1. The number of aromatic nitrogens is 2. The van der Waals surface area contributed by atoms with Gasteiger partial charge >= 0.3 is 0 Å². The fourth-order valence-corrected chi connectivity index (χ4v) is 3.44. The minimum absolute atomic E-state index is 0.260. The lowest BCUT2D eigenvalue weighted by Crippen LogP contribution is -2.39. The van der Waals surface area contributed by atoms with Gasteiger partial charge in [-0.2, -0.15) is 10.4 Å². The van der Waals surface area contributed by atoms with Gasteiger partial charge in [0.05, 0.1) is 11.4 Å². The summed E-state index contributed by atoms with van der Waals surface area (Å²) in [4.78, 5) is 6.42. The van der Waals surface area contributed by atoms with E-state index in [4.69, 9.17) is 5.73 Å². The van der Waals surface area contributed by atoms with Gasteiger partial charge in [-0.3, -0.25) is 4.99 Å². The van der Waals surface area contributed by atoms with E-state index in [0.717, 1.165) is 18.9 Å². The van der Waals surface area contributed by atoms with Crippen molar-refractivity contribution >= 4 is 11.8 Å². The molecule has 0 aliphatic carbocycles. The quantitative estimate of drug-likeness (QED) is 0.338. The first kappa shape index (κ1) is 22.8. The number of guanidine groups is 1. The summed E-state index contributed by atoms with van der Waals surface area (Å²) >= 11 is 0. The Hall–Kier alpha value is -3.86. The van der Waals surface area contributed by atoms with E-state index in [-0.39, 0.29) is 11.6 Å². The Morgan fingerprint density at radius 3 is 2.53 bits per heavy atom. The molecule has 0 atom stereocenters. The van der Waals surface area contributed by atoms with Crippen molar-refractivity contribution < 1.29 is 4.39 Å². The van der Waals surface area contributed by atoms with Crippen molar-refractivity contribution in [3.63, 3.8) is 0 Å². The molecule has 2 aromatic carbocycles. The Kier molecular flexibility index (Phi) is 7.45. The SMILES string of the molecule is CN=C(NCCCc1nn(-c2ccc(F)cc2)c(N)c1C#N)N(C)Cc1ccc(C)cc1. The van der Waals surface area contributed by atoms with E-state index in [9.17, 15) is 9.65 Å². The molecule has 32 heavy (non-hydrogen) atoms. The Labute approximate surface area is 188 Å². The lowest BCUT2D eigenvalue weighted by atomic mass is 10.1. The van der Waals surface area contributed by atoms with Crippen LogP contribution < -0.4 is 11.1 Å². The lowest BCUT2D eigenvalue weighted by Gasteiger charge is -2.22. The van der Waals surface area contributed by atoms with Gasteiger partial charge in [0.15, 0.2) is 5.96 Å². The van der Waals surface area contributed by atoms with E-state index < -0.39 is 0 Å². The summed E-state index contributed by atoms with van der Waals surface area (Å²) in [6, 6.07) is 16.4. The smallest absolute Gasteiger partial charge is 0.193 e. The van der Waals surface area contributed by atoms with Crippen LogP contribution in [0.2, 0.25) is 0 Å². The average molecular weight is 434 g/mol. The highest BCUT2D eigenvalue weighted by atomic mass is 19.1. The zero-order chi connectivity index (χ0) is 23.1. The van der Waals surface area contributed by atoms with Crippen molar-refractivity contribution in [2.24, 2.45) is 4.99 Å². The molecule has 0 saturated carbocycles. The van der Waals surface area contributed by atoms with Crippen LogP contribution in [0.25, 0.3) is 5.69 Å². The summed E-state index contributed by atoms with van der Waals surface area (Å²) in [6.45, 7) is 3.48. The molecule has 0 radical (unpaired) electrons. The molecule has 1 heterocycles. The van der Waals surface area contributed by atoms with Crippen LogP contribution in [-0.2, 0) is 13.0 Å². The number of nitrogens with zero attached hydrogens (tertiary/aromatic N) is 5. The standard InChI is InChI=1S/C24H28FN7/c1-17-6-8-18(9-7-17)16-31(3)24(28-2)29-14-4-5-22-21(15-26)23(27)32(30-22)20-12-10-19(25)11-13-20/h6-13H,4-5,14,16,27H2,1-3H3,(H,28,29). The van der Waals surface area contributed by atoms with Crippen molar-refractivity contribution in [1.82, 2.24) is 20.0 Å². The molecular formula is C24H28FN7. The van der Waals surface area contributed by atoms with Gasteiger partial charge in [-0.05, 0) is 49.6 Å². The molecule has 0 fully saturated rings. The fourth-order valence-electron chi connectivity index (χ4n) is 3.44. The Morgan fingerprint density at radius 1 is 1.22 bits per heavy atom. The summed E-state index contributed by atoms with van der Waals surface area (Å²) in [5, 5.41) is 17.4. The number of nitrogens with one attached hydrogen (secondary N) is 1. The van der Waals surface area contributed by atoms with Crippen molar-refractivity contribution in [2.45, 2.75) is 26.3 Å². The van der Waals surface area contributed by atoms with Crippen LogP contribution in [0, 0.1) is 24.1 Å². The summed E-state index contributed by atoms with van der Waals surface area (Å²) < 4.78 is 14.7. The highest BCUT2D eigenvalue weighted by Gasteiger charge is 2.16. The summed E-state index contributed by atoms with van der Waals surface area (Å²) in [5.74, 6) is 0.713. The summed E-state index contributed by atoms with van der Waals surface area (Å²) in [6.07, 6.45) is 1.32. The largest absolute Gasteiger partial charge is 0.382 e. The summed E-state index contributed by atoms with van der Waals surface area (Å²) in [7, 11) is 3.75. The topological polar surface area (TPSA) is 95.3 Å². The molecular weight excluding hydrogens is 405 g/mol. The second-order valence-electron chi connectivity index (χ2n) is 7.63. The zero-order valence-electron chi connectivity index (χ0n) is 18.6. The number of hydrogen-bond donors (Lipinski definition) is 2. The van der Waals surface area contributed by atoms with Crippen LogP contribution in [0.5, 0.6) is 0 Å². The third-order valence-corrected chi connectivity index (χ3v) is 5.16. The predicted octanol–water partition coefficient (Wildman–Crippen LogP) is 3.41. The van der Waals surface area contributed by atoms with Crippen LogP contribution >= 0.6 is 0 Å². The van der Waals surface area contributed by atoms with Crippen molar-refractivity contribution in [3.8, 4) is 11.8 Å². The van der Waals surface area contributed by atoms with E-state index in [0.29, 0.717) is 29.9 Å². The van der Waals surface area contributed by atoms with Gasteiger partial charge in [0.25, 0.3) is 0 Å². The predicted molar refractivity (Wildman–Crippen MR) is 125 cm³/mol. The van der Waals surface area contributed by atoms with Gasteiger partial charge in [0.1, 0.15) is 23.3 Å². The second kappa shape index (κ2) is 10.4. The van der Waals surface area contributed by atoms with E-state index in [2.05, 4.69) is 57.6 Å². The van der Waals surface area contributed by atoms with E-state index in [1.807, 2.05) is 7.05 Å². The van der Waals surface area contributed by atoms with Gasteiger partial charge in [0.2, 0.25) is 0 Å². The van der Waals surface area contributed by atoms with Crippen LogP contribution in [-0.4, -0.2) is 41.3 Å². The second-order valence-corrected chi connectivity index (χ2v) is 7.63. The molecule has 1 aromatic heterocycles. The first-order valence-electron chi connectivity index (χ1n) is 10.4. The normalized spacial score (nSPS) is 11.3. The average Bonchev–Trinajstić information content (AvgIpc) is 3.11. The maximum atomic E-state index is 13.2. The third-order valence-electron chi connectivity index (χ3n) is 5.16. The first-order valence-corrected chi connectivity index (χ1v) is 10.4. The molecule has 0 spiro atoms. The highest BCUT2D eigenvalue weighted by Crippen LogP contribution is 2.21. The number of anilines is 1. The van der Waals surface area contributed by atoms with Crippen LogP contribution in [0.1, 0.15) is 28.8 Å². The molecule has 0 amide bonds. The van der Waals surface area contributed by atoms with E-state index >= 15 is 0 Å². The molecule has 0 saturated heterocycles. The van der Waals surface area contributed by atoms with Gasteiger partial charge in [-0.1, -0.05) is 29.8 Å². The zero-order valence-corrected chi connectivity index (χ0v) is 18.6. The van der Waals surface area contributed by atoms with Crippen LogP contribution in [0.3, 0.4) is 0 Å². The number of halogens is 1. The Balaban J connectivity index is 1.58. The number of benzene rings is 2. The summed E-state index contributed by atoms with van der Waals surface area (Å²) in [5.41, 5.74) is 10.2. The van der Waals surface area contributed by atoms with Gasteiger partial charge in [-0.25, -0.2) is 9.07 Å². The lowest BCUT2D eigenvalue weighted by molar-refractivity contribution is 0.475. The Morgan fingerprint density at radius 2 is 1.91 bits per heavy atom. The van der Waals surface area contributed by atoms with Gasteiger partial charge in [0, 0.05) is 27.2 Å². The maximum Gasteiger partial charge on any atom is 0.193 e. The minimum Gasteiger partial charge on any atom is -0.382 e. The molecule has 7 nitrogen and oxygen atoms in total. The monoisotopic (exact) mass is 433 g/mol. The van der Waals surface area contributed by atoms with Crippen molar-refractivity contribution in [2.75, 3.05) is 26.4 Å². The molecule has 3 rings (SSSR count). The van der Waals surface area contributed by atoms with Crippen molar-refractivity contribution in [1.29, 1.82) is 5.26 Å². The molecule has 3 aromatic rings. The molecule has 3 N–H and O–H groups in total. The number of aryl methyl sites for hydroxylation is 2. The molecule has 8 heteroatoms. The van der Waals surface area contributed by atoms with Crippen molar-refractivity contribution in [3.05, 3.63) is 76.7 Å². The molecule has 0 unspecified atom stereocenters. The number of hydrogen-bond acceptors (Lipinski definition) is 4. The minimum atomic E-state index is -0.341. The number of nitriles is 1. The third kappa shape index (κ3) is 5.43. The van der Waals surface area contributed by atoms with E-state index in [1.54, 1.807) is 19.2 Å². The highest BCUT2D eigenvalue weighted by molar-refractivity contribution is 5.79. The molecule has 0 aliphatic heterocycles. The van der Waals surface area contributed by atoms with Gasteiger partial charge < -0.3 is 16.0 Å². The Bertz CT molecular complexity index is 1110. The van der Waals surface area contributed by atoms with Crippen LogP contribution in [0.15, 0.2) is 53.5 Å². The van der Waals surface area contributed by atoms with Crippen LogP contribution in [0.4, 0.5) is 10.2 Å². The number of aliphatic imine (C=N–C) groups is 1. The fraction of sp³-hybridized carbons (Fsp3) is 0.292. The molecule has 0 bridgehead atoms.